The van der Waals surface area contributed by atoms with Crippen LogP contribution in [0.3, 0.4) is 0 Å². The summed E-state index contributed by atoms with van der Waals surface area (Å²) in [6.45, 7) is 7.89. The lowest BCUT2D eigenvalue weighted by Gasteiger charge is -2.30. The number of hydrogen-bond acceptors (Lipinski definition) is 1. The van der Waals surface area contributed by atoms with Crippen LogP contribution in [0.15, 0.2) is 18.2 Å². The maximum atomic E-state index is 12.4. The number of rotatable bonds is 1. The molecule has 3 nitrogen and oxygen atoms in total. The number of benzene rings is 1. The van der Waals surface area contributed by atoms with Gasteiger partial charge in [0.05, 0.1) is 33.2 Å². The minimum Gasteiger partial charge on any atom is -0.334 e. The van der Waals surface area contributed by atoms with Gasteiger partial charge in [0.25, 0.3) is 5.91 Å². The molecule has 1 aromatic rings. The van der Waals surface area contributed by atoms with E-state index < -0.39 is 0 Å². The summed E-state index contributed by atoms with van der Waals surface area (Å²) in [4.78, 5) is 15.9. The molecule has 1 heterocycles. The molecule has 0 bridgehead atoms. The Hall–Kier alpha value is -1.35. The quantitative estimate of drug-likeness (QED) is 0.740. The molecule has 17 heavy (non-hydrogen) atoms. The number of carbonyl (C=O) groups is 1. The molecular weight excluding hydrogens is 212 g/mol. The van der Waals surface area contributed by atoms with E-state index in [2.05, 4.69) is 13.1 Å². The van der Waals surface area contributed by atoms with Crippen molar-refractivity contribution < 1.29 is 9.69 Å². The van der Waals surface area contributed by atoms with Crippen molar-refractivity contribution in [2.45, 2.75) is 13.8 Å². The predicted octanol–water partition coefficient (Wildman–Crippen LogP) is 0.274. The van der Waals surface area contributed by atoms with Crippen LogP contribution < -0.4 is 4.90 Å². The van der Waals surface area contributed by atoms with E-state index in [1.165, 1.54) is 4.90 Å². The molecule has 3 heteroatoms. The van der Waals surface area contributed by atoms with E-state index in [0.29, 0.717) is 0 Å². The van der Waals surface area contributed by atoms with Crippen molar-refractivity contribution in [2.75, 3.05) is 33.2 Å². The lowest BCUT2D eigenvalue weighted by atomic mass is 10.0. The maximum Gasteiger partial charge on any atom is 0.254 e. The Kier molecular flexibility index (Phi) is 3.48. The van der Waals surface area contributed by atoms with Gasteiger partial charge in [-0.3, -0.25) is 4.79 Å². The van der Waals surface area contributed by atoms with Gasteiger partial charge in [-0.15, -0.1) is 0 Å². The van der Waals surface area contributed by atoms with Gasteiger partial charge in [0, 0.05) is 5.56 Å². The summed E-state index contributed by atoms with van der Waals surface area (Å²) >= 11 is 0. The zero-order chi connectivity index (χ0) is 12.4. The average Bonchev–Trinajstić information content (AvgIpc) is 2.32. The highest BCUT2D eigenvalue weighted by Crippen LogP contribution is 2.13. The van der Waals surface area contributed by atoms with Crippen LogP contribution in [-0.4, -0.2) is 44.0 Å². The lowest BCUT2D eigenvalue weighted by molar-refractivity contribution is -0.883. The normalized spacial score (nSPS) is 17.2. The number of carbonyl (C=O) groups excluding carboxylic acids is 1. The highest BCUT2D eigenvalue weighted by atomic mass is 16.2. The Bertz CT molecular complexity index is 420. The standard InChI is InChI=1S/C14H20N2O/c1-11-4-5-12(2)13(10-11)14(17)16-8-6-15(3)7-9-16/h4-5,10H,6-9H2,1-3H3/p+1. The number of amides is 1. The zero-order valence-corrected chi connectivity index (χ0v) is 10.9. The molecule has 92 valence electrons. The van der Waals surface area contributed by atoms with Crippen molar-refractivity contribution in [2.24, 2.45) is 0 Å². The summed E-state index contributed by atoms with van der Waals surface area (Å²) in [5.41, 5.74) is 3.09. The first-order valence-corrected chi connectivity index (χ1v) is 6.26. The minimum absolute atomic E-state index is 0.193. The Labute approximate surface area is 103 Å². The molecule has 1 aliphatic heterocycles. The summed E-state index contributed by atoms with van der Waals surface area (Å²) in [6.07, 6.45) is 0. The summed E-state index contributed by atoms with van der Waals surface area (Å²) in [5, 5.41) is 0. The summed E-state index contributed by atoms with van der Waals surface area (Å²) < 4.78 is 0. The fraction of sp³-hybridized carbons (Fsp3) is 0.500. The second-order valence-electron chi connectivity index (χ2n) is 5.07. The number of likely N-dealkylation sites (N-methyl/N-ethyl adjacent to an activating group) is 1. The SMILES string of the molecule is Cc1ccc(C)c(C(=O)N2CC[NH+](C)CC2)c1. The van der Waals surface area contributed by atoms with E-state index in [-0.39, 0.29) is 5.91 Å². The second kappa shape index (κ2) is 4.88. The van der Waals surface area contributed by atoms with Crippen LogP contribution in [0.2, 0.25) is 0 Å². The highest BCUT2D eigenvalue weighted by Gasteiger charge is 2.23. The molecule has 1 aromatic carbocycles. The highest BCUT2D eigenvalue weighted by molar-refractivity contribution is 5.95. The predicted molar refractivity (Wildman–Crippen MR) is 68.4 cm³/mol. The molecule has 0 saturated carbocycles. The van der Waals surface area contributed by atoms with Crippen LogP contribution in [-0.2, 0) is 0 Å². The van der Waals surface area contributed by atoms with Gasteiger partial charge >= 0.3 is 0 Å². The van der Waals surface area contributed by atoms with E-state index in [1.807, 2.05) is 30.9 Å². The fourth-order valence-electron chi connectivity index (χ4n) is 2.23. The van der Waals surface area contributed by atoms with E-state index in [9.17, 15) is 4.79 Å². The van der Waals surface area contributed by atoms with Crippen LogP contribution in [0.5, 0.6) is 0 Å². The Morgan fingerprint density at radius 1 is 1.24 bits per heavy atom. The number of hydrogen-bond donors (Lipinski definition) is 1. The van der Waals surface area contributed by atoms with Crippen LogP contribution in [0, 0.1) is 13.8 Å². The number of quaternary nitrogens is 1. The van der Waals surface area contributed by atoms with Gasteiger partial charge < -0.3 is 9.80 Å². The van der Waals surface area contributed by atoms with Crippen molar-refractivity contribution >= 4 is 5.91 Å². The van der Waals surface area contributed by atoms with Crippen molar-refractivity contribution in [1.82, 2.24) is 4.90 Å². The van der Waals surface area contributed by atoms with Crippen molar-refractivity contribution in [3.05, 3.63) is 34.9 Å². The molecule has 0 spiro atoms. The molecule has 0 atom stereocenters. The van der Waals surface area contributed by atoms with Gasteiger partial charge in [-0.2, -0.15) is 0 Å². The summed E-state index contributed by atoms with van der Waals surface area (Å²) in [7, 11) is 2.18. The van der Waals surface area contributed by atoms with Gasteiger partial charge in [0.15, 0.2) is 0 Å². The molecule has 0 aromatic heterocycles. The second-order valence-corrected chi connectivity index (χ2v) is 5.07. The summed E-state index contributed by atoms with van der Waals surface area (Å²) in [5.74, 6) is 0.193. The van der Waals surface area contributed by atoms with E-state index >= 15 is 0 Å². The van der Waals surface area contributed by atoms with Gasteiger partial charge in [-0.25, -0.2) is 0 Å². The van der Waals surface area contributed by atoms with Crippen LogP contribution >= 0.6 is 0 Å². The molecule has 2 rings (SSSR count). The monoisotopic (exact) mass is 233 g/mol. The van der Waals surface area contributed by atoms with Crippen LogP contribution in [0.25, 0.3) is 0 Å². The van der Waals surface area contributed by atoms with Crippen LogP contribution in [0.4, 0.5) is 0 Å². The van der Waals surface area contributed by atoms with Crippen LogP contribution in [0.1, 0.15) is 21.5 Å². The first kappa shape index (κ1) is 12.1. The van der Waals surface area contributed by atoms with Crippen molar-refractivity contribution in [3.63, 3.8) is 0 Å². The van der Waals surface area contributed by atoms with Gasteiger partial charge in [-0.05, 0) is 25.5 Å². The minimum atomic E-state index is 0.193. The zero-order valence-electron chi connectivity index (χ0n) is 10.9. The molecule has 0 aliphatic carbocycles. The average molecular weight is 233 g/mol. The molecule has 1 fully saturated rings. The van der Waals surface area contributed by atoms with Crippen molar-refractivity contribution in [1.29, 1.82) is 0 Å². The number of nitrogens with zero attached hydrogens (tertiary/aromatic N) is 1. The third-order valence-electron chi connectivity index (χ3n) is 3.53. The third-order valence-corrected chi connectivity index (χ3v) is 3.53. The third kappa shape index (κ3) is 2.67. The van der Waals surface area contributed by atoms with E-state index in [1.54, 1.807) is 0 Å². The van der Waals surface area contributed by atoms with Gasteiger partial charge in [0.1, 0.15) is 0 Å². The smallest absolute Gasteiger partial charge is 0.254 e. The Morgan fingerprint density at radius 2 is 1.88 bits per heavy atom. The molecule has 0 unspecified atom stereocenters. The topological polar surface area (TPSA) is 24.8 Å². The number of aryl methyl sites for hydroxylation is 2. The molecule has 1 N–H and O–H groups in total. The first-order valence-electron chi connectivity index (χ1n) is 6.26. The molecular formula is C14H21N2O+. The van der Waals surface area contributed by atoms with Crippen molar-refractivity contribution in [3.8, 4) is 0 Å². The molecule has 1 aliphatic rings. The van der Waals surface area contributed by atoms with Gasteiger partial charge in [0.2, 0.25) is 0 Å². The van der Waals surface area contributed by atoms with E-state index in [4.69, 9.17) is 0 Å². The Morgan fingerprint density at radius 3 is 2.53 bits per heavy atom. The van der Waals surface area contributed by atoms with Gasteiger partial charge in [-0.1, -0.05) is 17.7 Å². The van der Waals surface area contributed by atoms with E-state index in [0.717, 1.165) is 42.9 Å². The fourth-order valence-corrected chi connectivity index (χ4v) is 2.23. The lowest BCUT2D eigenvalue weighted by Crippen LogP contribution is -3.12. The first-order chi connectivity index (χ1) is 8.08. The molecule has 1 saturated heterocycles. The molecule has 0 radical (unpaired) electrons. The molecule has 1 amide bonds. The summed E-state index contributed by atoms with van der Waals surface area (Å²) in [6, 6.07) is 6.09. The maximum absolute atomic E-state index is 12.4. The largest absolute Gasteiger partial charge is 0.334 e. The number of piperazine rings is 1. The number of nitrogens with one attached hydrogen (secondary N) is 1. The Balaban J connectivity index is 2.16.